The van der Waals surface area contributed by atoms with E-state index in [0.717, 1.165) is 12.3 Å². The van der Waals surface area contributed by atoms with Gasteiger partial charge in [0.25, 0.3) is 0 Å². The third-order valence-corrected chi connectivity index (χ3v) is 12.1. The molecule has 0 aromatic heterocycles. The third kappa shape index (κ3) is 2.01. The van der Waals surface area contributed by atoms with Crippen molar-refractivity contribution in [2.45, 2.75) is 50.6 Å². The molecular weight excluding hydrogens is 222 g/mol. The molecule has 2 rings (SSSR count). The van der Waals surface area contributed by atoms with Crippen molar-refractivity contribution in [1.29, 1.82) is 0 Å². The first-order chi connectivity index (χ1) is 6.10. The Labute approximate surface area is 90.9 Å². The molecule has 3 heteroatoms. The monoisotopic (exact) mass is 240 g/mol. The van der Waals surface area contributed by atoms with Crippen LogP contribution in [0.25, 0.3) is 0 Å². The molecule has 0 bridgehead atoms. The van der Waals surface area contributed by atoms with Crippen molar-refractivity contribution in [2.24, 2.45) is 0 Å². The van der Waals surface area contributed by atoms with Crippen molar-refractivity contribution in [3.8, 4) is 0 Å². The third-order valence-electron chi connectivity index (χ3n) is 3.85. The molecule has 1 aliphatic heterocycles. The topological polar surface area (TPSA) is 0 Å². The van der Waals surface area contributed by atoms with Gasteiger partial charge in [0, 0.05) is 0 Å². The summed E-state index contributed by atoms with van der Waals surface area (Å²) in [7, 11) is 0. The molecule has 0 unspecified atom stereocenters. The summed E-state index contributed by atoms with van der Waals surface area (Å²) in [6.07, 6.45) is 11.6. The second-order valence-corrected chi connectivity index (χ2v) is 14.6. The van der Waals surface area contributed by atoms with Gasteiger partial charge in [0.05, 0.1) is 0 Å². The Morgan fingerprint density at radius 1 is 0.769 bits per heavy atom. The van der Waals surface area contributed by atoms with E-state index in [1.165, 1.54) is 44.9 Å². The van der Waals surface area contributed by atoms with Crippen molar-refractivity contribution in [2.75, 3.05) is 12.3 Å². The van der Waals surface area contributed by atoms with E-state index in [1.807, 2.05) is 0 Å². The summed E-state index contributed by atoms with van der Waals surface area (Å²) in [6.45, 7) is 0. The van der Waals surface area contributed by atoms with Crippen LogP contribution in [0.3, 0.4) is 0 Å². The Kier molecular flexibility index (Phi) is 2.87. The molecular formula is C10H19Cl2P. The summed E-state index contributed by atoms with van der Waals surface area (Å²) < 4.78 is 0. The molecule has 13 heavy (non-hydrogen) atoms. The van der Waals surface area contributed by atoms with Gasteiger partial charge in [-0.2, -0.15) is 0 Å². The van der Waals surface area contributed by atoms with Crippen LogP contribution in [0.4, 0.5) is 0 Å². The fourth-order valence-corrected chi connectivity index (χ4v) is 9.77. The normalized spacial score (nSPS) is 36.6. The molecule has 0 radical (unpaired) electrons. The maximum absolute atomic E-state index is 6.80. The predicted molar refractivity (Wildman–Crippen MR) is 64.5 cm³/mol. The quantitative estimate of drug-likeness (QED) is 0.568. The van der Waals surface area contributed by atoms with Gasteiger partial charge >= 0.3 is 90.7 Å². The van der Waals surface area contributed by atoms with Crippen molar-refractivity contribution >= 4 is 27.8 Å². The van der Waals surface area contributed by atoms with E-state index in [0.29, 0.717) is 5.66 Å². The van der Waals surface area contributed by atoms with Crippen LogP contribution in [0.1, 0.15) is 44.9 Å². The molecule has 1 saturated heterocycles. The summed E-state index contributed by atoms with van der Waals surface area (Å²) in [4.78, 5) is 0. The molecule has 1 aliphatic carbocycles. The number of hydrogen-bond acceptors (Lipinski definition) is 0. The Morgan fingerprint density at radius 3 is 1.85 bits per heavy atom. The summed E-state index contributed by atoms with van der Waals surface area (Å²) in [5.41, 5.74) is 0.700. The molecule has 1 saturated carbocycles. The molecule has 0 spiro atoms. The number of rotatable bonds is 1. The minimum atomic E-state index is -2.21. The fourth-order valence-electron chi connectivity index (χ4n) is 2.99. The van der Waals surface area contributed by atoms with Crippen LogP contribution in [0, 0.1) is 0 Å². The van der Waals surface area contributed by atoms with Crippen molar-refractivity contribution in [3.05, 3.63) is 0 Å². The van der Waals surface area contributed by atoms with Gasteiger partial charge in [0.15, 0.2) is 0 Å². The summed E-state index contributed by atoms with van der Waals surface area (Å²) in [5.74, 6) is 0. The molecule has 1 heterocycles. The maximum atomic E-state index is 6.80. The van der Waals surface area contributed by atoms with Crippen LogP contribution in [-0.4, -0.2) is 18.0 Å². The SMILES string of the molecule is ClP1(Cl)(C2CCCCC2)CCCC1. The van der Waals surface area contributed by atoms with Crippen LogP contribution in [0.5, 0.6) is 0 Å². The van der Waals surface area contributed by atoms with Crippen molar-refractivity contribution in [1.82, 2.24) is 0 Å². The Balaban J connectivity index is 2.11. The zero-order valence-corrected chi connectivity index (χ0v) is 10.6. The molecule has 0 atom stereocenters. The second-order valence-electron chi connectivity index (χ2n) is 4.77. The number of halogens is 2. The average molecular weight is 241 g/mol. The second kappa shape index (κ2) is 3.54. The van der Waals surface area contributed by atoms with Gasteiger partial charge in [-0.15, -0.1) is 0 Å². The van der Waals surface area contributed by atoms with E-state index < -0.39 is 5.31 Å². The van der Waals surface area contributed by atoms with E-state index in [-0.39, 0.29) is 0 Å². The first-order valence-electron chi connectivity index (χ1n) is 5.55. The van der Waals surface area contributed by atoms with Crippen LogP contribution >= 0.6 is 27.8 Å². The van der Waals surface area contributed by atoms with E-state index in [4.69, 9.17) is 22.5 Å². The Morgan fingerprint density at radius 2 is 1.31 bits per heavy atom. The molecule has 2 aliphatic rings. The zero-order chi connectivity index (χ0) is 9.39. The summed E-state index contributed by atoms with van der Waals surface area (Å²) in [6, 6.07) is 0. The average Bonchev–Trinajstić information content (AvgIpc) is 2.51. The van der Waals surface area contributed by atoms with Gasteiger partial charge in [-0.3, -0.25) is 0 Å². The van der Waals surface area contributed by atoms with Gasteiger partial charge in [0.1, 0.15) is 0 Å². The fraction of sp³-hybridized carbons (Fsp3) is 1.00. The Hall–Kier alpha value is 1.01. The van der Waals surface area contributed by atoms with Crippen LogP contribution in [0.15, 0.2) is 0 Å². The van der Waals surface area contributed by atoms with Crippen LogP contribution in [0.2, 0.25) is 0 Å². The molecule has 0 N–H and O–H groups in total. The van der Waals surface area contributed by atoms with E-state index in [9.17, 15) is 0 Å². The zero-order valence-electron chi connectivity index (χ0n) is 8.14. The molecule has 2 fully saturated rings. The van der Waals surface area contributed by atoms with Crippen LogP contribution < -0.4 is 0 Å². The van der Waals surface area contributed by atoms with Crippen LogP contribution in [-0.2, 0) is 0 Å². The van der Waals surface area contributed by atoms with E-state index in [1.54, 1.807) is 0 Å². The molecule has 0 nitrogen and oxygen atoms in total. The van der Waals surface area contributed by atoms with Crippen molar-refractivity contribution in [3.63, 3.8) is 0 Å². The minimum absolute atomic E-state index is 0.700. The standard InChI is InChI=1S/C10H19Cl2P/c11-13(12,8-4-5-9-13)10-6-2-1-3-7-10/h10H,1-9H2. The number of hydrogen-bond donors (Lipinski definition) is 0. The molecule has 0 amide bonds. The summed E-state index contributed by atoms with van der Waals surface area (Å²) >= 11 is 13.6. The first kappa shape index (κ1) is 10.5. The molecule has 0 aromatic carbocycles. The Bertz CT molecular complexity index is 187. The van der Waals surface area contributed by atoms with Gasteiger partial charge in [-0.05, 0) is 0 Å². The van der Waals surface area contributed by atoms with Gasteiger partial charge in [-0.25, -0.2) is 0 Å². The van der Waals surface area contributed by atoms with E-state index >= 15 is 0 Å². The van der Waals surface area contributed by atoms with Crippen molar-refractivity contribution < 1.29 is 0 Å². The van der Waals surface area contributed by atoms with Gasteiger partial charge < -0.3 is 0 Å². The van der Waals surface area contributed by atoms with Gasteiger partial charge in [-0.1, -0.05) is 0 Å². The first-order valence-corrected chi connectivity index (χ1v) is 10.0. The molecule has 0 aromatic rings. The summed E-state index contributed by atoms with van der Waals surface area (Å²) in [5, 5.41) is -2.21. The molecule has 78 valence electrons. The van der Waals surface area contributed by atoms with Gasteiger partial charge in [0.2, 0.25) is 0 Å². The predicted octanol–water partition coefficient (Wildman–Crippen LogP) is 4.97. The van der Waals surface area contributed by atoms with E-state index in [2.05, 4.69) is 0 Å².